The van der Waals surface area contributed by atoms with Gasteiger partial charge in [-0.05, 0) is 30.5 Å². The third kappa shape index (κ3) is 6.77. The van der Waals surface area contributed by atoms with Gasteiger partial charge in [0, 0.05) is 18.0 Å². The van der Waals surface area contributed by atoms with Gasteiger partial charge in [-0.2, -0.15) is 0 Å². The molecule has 0 N–H and O–H groups in total. The molecule has 0 atom stereocenters. The first-order valence-corrected chi connectivity index (χ1v) is 9.36. The summed E-state index contributed by atoms with van der Waals surface area (Å²) in [6, 6.07) is 6.42. The minimum Gasteiger partial charge on any atom is -0.236 e. The van der Waals surface area contributed by atoms with Crippen molar-refractivity contribution in [2.45, 2.75) is 71.1 Å². The minimum absolute atomic E-state index is 0.255. The van der Waals surface area contributed by atoms with Crippen LogP contribution in [0.4, 0.5) is 4.39 Å². The van der Waals surface area contributed by atoms with E-state index in [0.29, 0.717) is 5.82 Å². The third-order valence-electron chi connectivity index (χ3n) is 4.36. The highest BCUT2D eigenvalue weighted by molar-refractivity contribution is 5.54. The number of unbranched alkanes of at least 4 members (excludes halogenated alkanes) is 8. The number of hydrogen-bond donors (Lipinski definition) is 0. The van der Waals surface area contributed by atoms with Gasteiger partial charge in [0.15, 0.2) is 5.82 Å². The van der Waals surface area contributed by atoms with Crippen molar-refractivity contribution >= 4 is 0 Å². The maximum Gasteiger partial charge on any atom is 0.159 e. The van der Waals surface area contributed by atoms with Crippen molar-refractivity contribution in [3.05, 3.63) is 48.0 Å². The van der Waals surface area contributed by atoms with Crippen LogP contribution in [-0.4, -0.2) is 9.97 Å². The number of halogens is 1. The van der Waals surface area contributed by atoms with E-state index in [-0.39, 0.29) is 5.82 Å². The molecule has 0 saturated carbocycles. The monoisotopic (exact) mass is 328 g/mol. The van der Waals surface area contributed by atoms with Crippen LogP contribution in [0.2, 0.25) is 0 Å². The van der Waals surface area contributed by atoms with Crippen LogP contribution >= 0.6 is 0 Å². The zero-order chi connectivity index (χ0) is 17.0. The van der Waals surface area contributed by atoms with Gasteiger partial charge in [0.25, 0.3) is 0 Å². The summed E-state index contributed by atoms with van der Waals surface area (Å²) in [5.41, 5.74) is 1.89. The van der Waals surface area contributed by atoms with Gasteiger partial charge in [0.05, 0.1) is 0 Å². The summed E-state index contributed by atoms with van der Waals surface area (Å²) in [7, 11) is 0. The van der Waals surface area contributed by atoms with Crippen LogP contribution in [0, 0.1) is 5.82 Å². The molecule has 1 heterocycles. The molecule has 2 aromatic rings. The largest absolute Gasteiger partial charge is 0.236 e. The van der Waals surface area contributed by atoms with Crippen molar-refractivity contribution in [1.29, 1.82) is 0 Å². The lowest BCUT2D eigenvalue weighted by molar-refractivity contribution is 0.564. The third-order valence-corrected chi connectivity index (χ3v) is 4.36. The predicted molar refractivity (Wildman–Crippen MR) is 98.4 cm³/mol. The topological polar surface area (TPSA) is 25.8 Å². The minimum atomic E-state index is -0.255. The van der Waals surface area contributed by atoms with E-state index in [9.17, 15) is 4.39 Å². The van der Waals surface area contributed by atoms with Crippen LogP contribution < -0.4 is 0 Å². The lowest BCUT2D eigenvalue weighted by Crippen LogP contribution is -1.93. The summed E-state index contributed by atoms with van der Waals surface area (Å²) in [5.74, 6) is 0.334. The maximum absolute atomic E-state index is 13.2. The highest BCUT2D eigenvalue weighted by atomic mass is 19.1. The molecule has 0 saturated heterocycles. The number of nitrogens with zero attached hydrogens (tertiary/aromatic N) is 2. The molecular weight excluding hydrogens is 299 g/mol. The molecular formula is C21H29FN2. The molecule has 0 aliphatic heterocycles. The Morgan fingerprint density at radius 1 is 0.833 bits per heavy atom. The second kappa shape index (κ2) is 10.9. The van der Waals surface area contributed by atoms with Gasteiger partial charge in [0.1, 0.15) is 5.82 Å². The average Bonchev–Trinajstić information content (AvgIpc) is 2.61. The van der Waals surface area contributed by atoms with Gasteiger partial charge in [0.2, 0.25) is 0 Å². The van der Waals surface area contributed by atoms with E-state index < -0.39 is 0 Å². The van der Waals surface area contributed by atoms with Crippen molar-refractivity contribution in [2.24, 2.45) is 0 Å². The Kier molecular flexibility index (Phi) is 8.43. The molecule has 2 nitrogen and oxygen atoms in total. The van der Waals surface area contributed by atoms with Gasteiger partial charge in [-0.1, -0.05) is 70.4 Å². The van der Waals surface area contributed by atoms with Crippen LogP contribution in [0.3, 0.4) is 0 Å². The molecule has 0 radical (unpaired) electrons. The molecule has 0 spiro atoms. The molecule has 0 amide bonds. The van der Waals surface area contributed by atoms with Gasteiger partial charge < -0.3 is 0 Å². The number of rotatable bonds is 11. The zero-order valence-electron chi connectivity index (χ0n) is 14.8. The Balaban J connectivity index is 1.64. The fraction of sp³-hybridized carbons (Fsp3) is 0.524. The fourth-order valence-electron chi connectivity index (χ4n) is 2.90. The van der Waals surface area contributed by atoms with Gasteiger partial charge in [-0.3, -0.25) is 0 Å². The summed E-state index contributed by atoms with van der Waals surface area (Å²) >= 11 is 0. The molecule has 1 aromatic heterocycles. The Morgan fingerprint density at radius 3 is 2.08 bits per heavy atom. The molecule has 0 aliphatic carbocycles. The Hall–Kier alpha value is -1.77. The molecule has 130 valence electrons. The van der Waals surface area contributed by atoms with Gasteiger partial charge in [-0.25, -0.2) is 14.4 Å². The molecule has 0 bridgehead atoms. The van der Waals surface area contributed by atoms with Crippen LogP contribution in [0.25, 0.3) is 11.4 Å². The maximum atomic E-state index is 13.2. The summed E-state index contributed by atoms with van der Waals surface area (Å²) in [4.78, 5) is 8.74. The Morgan fingerprint density at radius 2 is 1.46 bits per heavy atom. The normalized spacial score (nSPS) is 10.9. The van der Waals surface area contributed by atoms with E-state index in [1.54, 1.807) is 6.07 Å². The Labute approximate surface area is 145 Å². The summed E-state index contributed by atoms with van der Waals surface area (Å²) in [6.45, 7) is 2.26. The first kappa shape index (κ1) is 18.6. The second-order valence-corrected chi connectivity index (χ2v) is 6.50. The van der Waals surface area contributed by atoms with Crippen LogP contribution in [-0.2, 0) is 6.42 Å². The highest BCUT2D eigenvalue weighted by Gasteiger charge is 2.03. The zero-order valence-corrected chi connectivity index (χ0v) is 14.8. The van der Waals surface area contributed by atoms with Crippen molar-refractivity contribution in [1.82, 2.24) is 9.97 Å². The molecule has 2 rings (SSSR count). The van der Waals surface area contributed by atoms with Crippen LogP contribution in [0.15, 0.2) is 36.7 Å². The average molecular weight is 328 g/mol. The van der Waals surface area contributed by atoms with Crippen molar-refractivity contribution in [3.63, 3.8) is 0 Å². The predicted octanol–water partition coefficient (Wildman–Crippen LogP) is 6.36. The van der Waals surface area contributed by atoms with E-state index >= 15 is 0 Å². The molecule has 3 heteroatoms. The number of aromatic nitrogens is 2. The summed E-state index contributed by atoms with van der Waals surface area (Å²) in [5, 5.41) is 0. The first-order chi connectivity index (χ1) is 11.8. The molecule has 0 aliphatic rings. The summed E-state index contributed by atoms with van der Waals surface area (Å²) in [6.07, 6.45) is 16.8. The standard InChI is InChI=1S/C21H29FN2/c1-2-3-4-5-6-7-8-9-10-12-18-16-23-21(24-17-18)19-13-11-14-20(22)15-19/h11,13-17H,2-10,12H2,1H3. The lowest BCUT2D eigenvalue weighted by Gasteiger charge is -2.04. The molecule has 0 unspecified atom stereocenters. The van der Waals surface area contributed by atoms with Gasteiger partial charge >= 0.3 is 0 Å². The SMILES string of the molecule is CCCCCCCCCCCc1cnc(-c2cccc(F)c2)nc1. The smallest absolute Gasteiger partial charge is 0.159 e. The van der Waals surface area contributed by atoms with Crippen molar-refractivity contribution in [2.75, 3.05) is 0 Å². The van der Waals surface area contributed by atoms with E-state index in [4.69, 9.17) is 0 Å². The number of aryl methyl sites for hydroxylation is 1. The molecule has 24 heavy (non-hydrogen) atoms. The van der Waals surface area contributed by atoms with E-state index in [1.165, 1.54) is 69.9 Å². The second-order valence-electron chi connectivity index (χ2n) is 6.50. The van der Waals surface area contributed by atoms with Crippen LogP contribution in [0.1, 0.15) is 70.3 Å². The first-order valence-electron chi connectivity index (χ1n) is 9.36. The molecule has 0 fully saturated rings. The van der Waals surface area contributed by atoms with Crippen molar-refractivity contribution < 1.29 is 4.39 Å². The number of benzene rings is 1. The van der Waals surface area contributed by atoms with Crippen molar-refractivity contribution in [3.8, 4) is 11.4 Å². The summed E-state index contributed by atoms with van der Waals surface area (Å²) < 4.78 is 13.2. The quantitative estimate of drug-likeness (QED) is 0.449. The fourth-order valence-corrected chi connectivity index (χ4v) is 2.90. The van der Waals surface area contributed by atoms with E-state index in [0.717, 1.165) is 17.5 Å². The molecule has 1 aromatic carbocycles. The van der Waals surface area contributed by atoms with Crippen LogP contribution in [0.5, 0.6) is 0 Å². The van der Waals surface area contributed by atoms with E-state index in [1.807, 2.05) is 18.5 Å². The highest BCUT2D eigenvalue weighted by Crippen LogP contribution is 2.16. The number of hydrogen-bond acceptors (Lipinski definition) is 2. The Bertz CT molecular complexity index is 581. The lowest BCUT2D eigenvalue weighted by atomic mass is 10.1. The van der Waals surface area contributed by atoms with E-state index in [2.05, 4.69) is 16.9 Å². The van der Waals surface area contributed by atoms with Gasteiger partial charge in [-0.15, -0.1) is 0 Å².